The molecule has 2 aromatic rings. The second kappa shape index (κ2) is 11.2. The average molecular weight is 508 g/mol. The van der Waals surface area contributed by atoms with Crippen molar-refractivity contribution in [2.24, 2.45) is 5.92 Å². The van der Waals surface area contributed by atoms with Crippen LogP contribution in [-0.2, 0) is 16.1 Å². The van der Waals surface area contributed by atoms with Gasteiger partial charge < -0.3 is 19.9 Å². The summed E-state index contributed by atoms with van der Waals surface area (Å²) in [7, 11) is 3.35. The fourth-order valence-electron chi connectivity index (χ4n) is 5.22. The van der Waals surface area contributed by atoms with Gasteiger partial charge in [-0.1, -0.05) is 62.7 Å². The monoisotopic (exact) mass is 507 g/mol. The number of piperazine rings is 1. The van der Waals surface area contributed by atoms with Crippen LogP contribution >= 0.6 is 0 Å². The molecule has 1 N–H and O–H groups in total. The molecule has 9 nitrogen and oxygen atoms in total. The van der Waals surface area contributed by atoms with E-state index in [4.69, 9.17) is 4.74 Å². The highest BCUT2D eigenvalue weighted by Gasteiger charge is 2.52. The lowest BCUT2D eigenvalue weighted by atomic mass is 9.91. The van der Waals surface area contributed by atoms with Crippen molar-refractivity contribution in [2.45, 2.75) is 52.0 Å². The zero-order valence-electron chi connectivity index (χ0n) is 22.3. The molecule has 37 heavy (non-hydrogen) atoms. The van der Waals surface area contributed by atoms with Gasteiger partial charge in [0.15, 0.2) is 0 Å². The van der Waals surface area contributed by atoms with Gasteiger partial charge in [-0.3, -0.25) is 9.59 Å². The van der Waals surface area contributed by atoms with E-state index in [1.54, 1.807) is 29.1 Å². The van der Waals surface area contributed by atoms with Crippen LogP contribution in [0.1, 0.15) is 44.4 Å². The molecule has 0 aromatic heterocycles. The maximum atomic E-state index is 13.9. The first-order valence-electron chi connectivity index (χ1n) is 12.8. The minimum absolute atomic E-state index is 0.0287. The number of carbonyl (C=O) groups excluding carboxylic acids is 3. The van der Waals surface area contributed by atoms with Crippen molar-refractivity contribution in [3.63, 3.8) is 0 Å². The number of likely N-dealkylation sites (N-methyl/N-ethyl adjacent to an activating group) is 1. The van der Waals surface area contributed by atoms with E-state index in [0.29, 0.717) is 6.54 Å². The number of amides is 4. The highest BCUT2D eigenvalue weighted by atomic mass is 16.5. The van der Waals surface area contributed by atoms with E-state index in [1.807, 2.05) is 80.3 Å². The summed E-state index contributed by atoms with van der Waals surface area (Å²) in [5, 5.41) is 6.24. The Morgan fingerprint density at radius 3 is 2.38 bits per heavy atom. The van der Waals surface area contributed by atoms with Gasteiger partial charge in [-0.05, 0) is 36.1 Å². The van der Waals surface area contributed by atoms with Crippen LogP contribution in [0.3, 0.4) is 0 Å². The number of fused-ring (bicyclic) bond motifs is 1. The topological polar surface area (TPSA) is 85.4 Å². The molecule has 0 radical (unpaired) electrons. The highest BCUT2D eigenvalue weighted by Crippen LogP contribution is 2.34. The second-order valence-electron chi connectivity index (χ2n) is 9.86. The molecule has 4 rings (SSSR count). The van der Waals surface area contributed by atoms with Gasteiger partial charge in [0.05, 0.1) is 26.2 Å². The van der Waals surface area contributed by atoms with Crippen molar-refractivity contribution < 1.29 is 19.1 Å². The maximum absolute atomic E-state index is 13.9. The molecule has 0 bridgehead atoms. The lowest BCUT2D eigenvalue weighted by Crippen LogP contribution is -2.76. The van der Waals surface area contributed by atoms with Crippen molar-refractivity contribution >= 4 is 17.8 Å². The van der Waals surface area contributed by atoms with E-state index >= 15 is 0 Å². The van der Waals surface area contributed by atoms with Crippen molar-refractivity contribution in [1.29, 1.82) is 0 Å². The van der Waals surface area contributed by atoms with E-state index in [-0.39, 0.29) is 42.9 Å². The number of hydrogen-bond donors (Lipinski definition) is 1. The number of nitrogens with zero attached hydrogens (tertiary/aromatic N) is 4. The largest absolute Gasteiger partial charge is 0.497 e. The summed E-state index contributed by atoms with van der Waals surface area (Å²) in [6.45, 7) is 6.60. The molecule has 2 aromatic carbocycles. The minimum atomic E-state index is -0.631. The summed E-state index contributed by atoms with van der Waals surface area (Å²) in [5.41, 5.74) is 1.94. The van der Waals surface area contributed by atoms with Gasteiger partial charge in [-0.2, -0.15) is 0 Å². The van der Waals surface area contributed by atoms with E-state index in [2.05, 4.69) is 5.32 Å². The van der Waals surface area contributed by atoms with Crippen molar-refractivity contribution in [3.05, 3.63) is 65.7 Å². The van der Waals surface area contributed by atoms with E-state index in [9.17, 15) is 14.4 Å². The number of rotatable bonds is 7. The Labute approximate surface area is 218 Å². The van der Waals surface area contributed by atoms with Crippen molar-refractivity contribution in [1.82, 2.24) is 25.1 Å². The second-order valence-corrected chi connectivity index (χ2v) is 9.86. The Balaban J connectivity index is 1.63. The molecule has 4 amide bonds. The molecule has 2 saturated heterocycles. The Hall–Kier alpha value is -3.59. The average Bonchev–Trinajstić information content (AvgIpc) is 2.91. The van der Waals surface area contributed by atoms with Gasteiger partial charge in [0.1, 0.15) is 18.0 Å². The molecule has 0 aliphatic carbocycles. The highest BCUT2D eigenvalue weighted by molar-refractivity contribution is 5.92. The lowest BCUT2D eigenvalue weighted by Gasteiger charge is -2.56. The van der Waals surface area contributed by atoms with Gasteiger partial charge in [-0.25, -0.2) is 14.8 Å². The van der Waals surface area contributed by atoms with Crippen LogP contribution in [-0.4, -0.2) is 77.1 Å². The number of carbonyl (C=O) groups is 3. The first-order valence-corrected chi connectivity index (χ1v) is 12.8. The minimum Gasteiger partial charge on any atom is -0.497 e. The van der Waals surface area contributed by atoms with E-state index in [1.165, 1.54) is 0 Å². The van der Waals surface area contributed by atoms with E-state index < -0.39 is 12.2 Å². The van der Waals surface area contributed by atoms with Crippen LogP contribution in [0.2, 0.25) is 0 Å². The molecule has 2 aliphatic rings. The van der Waals surface area contributed by atoms with Gasteiger partial charge >= 0.3 is 6.03 Å². The molecular formula is C28H37N5O4. The maximum Gasteiger partial charge on any atom is 0.334 e. The zero-order chi connectivity index (χ0) is 26.7. The summed E-state index contributed by atoms with van der Waals surface area (Å²) in [6.07, 6.45) is 0.130. The molecule has 2 heterocycles. The van der Waals surface area contributed by atoms with Crippen LogP contribution in [0.4, 0.5) is 4.79 Å². The summed E-state index contributed by atoms with van der Waals surface area (Å²) in [6, 6.07) is 16.2. The quantitative estimate of drug-likeness (QED) is 0.622. The zero-order valence-corrected chi connectivity index (χ0v) is 22.3. The Kier molecular flexibility index (Phi) is 8.02. The van der Waals surface area contributed by atoms with Crippen LogP contribution in [0, 0.1) is 5.92 Å². The summed E-state index contributed by atoms with van der Waals surface area (Å²) in [5.74, 6) is 0.476. The summed E-state index contributed by atoms with van der Waals surface area (Å²) < 4.78 is 5.21. The number of hydrogen-bond acceptors (Lipinski definition) is 5. The van der Waals surface area contributed by atoms with Crippen LogP contribution < -0.4 is 10.1 Å². The first kappa shape index (κ1) is 26.5. The molecule has 198 valence electrons. The number of hydrazine groups is 1. The van der Waals surface area contributed by atoms with Crippen molar-refractivity contribution in [3.8, 4) is 5.75 Å². The third-order valence-electron chi connectivity index (χ3n) is 7.56. The normalized spacial score (nSPS) is 21.9. The third-order valence-corrected chi connectivity index (χ3v) is 7.56. The predicted molar refractivity (Wildman–Crippen MR) is 140 cm³/mol. The van der Waals surface area contributed by atoms with Crippen LogP contribution in [0.5, 0.6) is 5.75 Å². The number of urea groups is 1. The standard InChI is InChI=1S/C28H37N5O4/c1-6-19(2)26-27(35)31(20(3)22-10-8-7-9-11-22)17-24-32(26)25(34)18-30(4)33(24)28(36)29-16-21-12-14-23(37-5)15-13-21/h7-15,19-20,24,26H,6,16-18H2,1-5H3,(H,29,36)/t19?,20-,24+,26+/m1/s1. The molecule has 0 saturated carbocycles. The molecule has 0 spiro atoms. The molecular weight excluding hydrogens is 470 g/mol. The van der Waals surface area contributed by atoms with E-state index in [0.717, 1.165) is 23.3 Å². The number of nitrogens with one attached hydrogen (secondary N) is 1. The van der Waals surface area contributed by atoms with Crippen LogP contribution in [0.15, 0.2) is 54.6 Å². The molecule has 2 aliphatic heterocycles. The van der Waals surface area contributed by atoms with Gasteiger partial charge in [0, 0.05) is 13.6 Å². The van der Waals surface area contributed by atoms with Gasteiger partial charge in [0.25, 0.3) is 0 Å². The Bertz CT molecular complexity index is 1110. The first-order chi connectivity index (χ1) is 17.8. The van der Waals surface area contributed by atoms with Gasteiger partial charge in [0.2, 0.25) is 11.8 Å². The van der Waals surface area contributed by atoms with Gasteiger partial charge in [-0.15, -0.1) is 0 Å². The predicted octanol–water partition coefficient (Wildman–Crippen LogP) is 3.24. The summed E-state index contributed by atoms with van der Waals surface area (Å²) >= 11 is 0. The number of benzene rings is 2. The Morgan fingerprint density at radius 1 is 1.08 bits per heavy atom. The van der Waals surface area contributed by atoms with Crippen LogP contribution in [0.25, 0.3) is 0 Å². The number of ether oxygens (including phenoxy) is 1. The smallest absolute Gasteiger partial charge is 0.334 e. The summed E-state index contributed by atoms with van der Waals surface area (Å²) in [4.78, 5) is 44.2. The fraction of sp³-hybridized carbons (Fsp3) is 0.464. The lowest BCUT2D eigenvalue weighted by molar-refractivity contribution is -0.192. The molecule has 2 fully saturated rings. The fourth-order valence-corrected chi connectivity index (χ4v) is 5.22. The number of methoxy groups -OCH3 is 1. The molecule has 1 unspecified atom stereocenters. The third kappa shape index (κ3) is 5.27. The van der Waals surface area contributed by atoms with Crippen molar-refractivity contribution in [2.75, 3.05) is 27.2 Å². The SMILES string of the molecule is CCC(C)[C@H]1C(=O)N([C@H](C)c2ccccc2)C[C@H]2N1C(=O)CN(C)N2C(=O)NCc1ccc(OC)cc1. The molecule has 9 heteroatoms. The molecule has 4 atom stereocenters. The Morgan fingerprint density at radius 2 is 1.76 bits per heavy atom.